The van der Waals surface area contributed by atoms with Crippen LogP contribution in [0.4, 0.5) is 5.13 Å². The Hall–Kier alpha value is -2.12. The van der Waals surface area contributed by atoms with Crippen molar-refractivity contribution < 1.29 is 14.3 Å². The zero-order valence-corrected chi connectivity index (χ0v) is 14.7. The number of ether oxygens (including phenoxy) is 2. The molecule has 1 heterocycles. The fourth-order valence-corrected chi connectivity index (χ4v) is 3.03. The lowest BCUT2D eigenvalue weighted by Crippen LogP contribution is -1.96. The lowest BCUT2D eigenvalue weighted by Gasteiger charge is -2.10. The number of hydrogen-bond acceptors (Lipinski definition) is 7. The third-order valence-corrected chi connectivity index (χ3v) is 4.55. The number of Topliss-reactive ketones (excluding diaryl/α,β-unsaturated/α-hetero) is 1. The first-order valence-electron chi connectivity index (χ1n) is 6.65. The van der Waals surface area contributed by atoms with Crippen LogP contribution in [-0.4, -0.2) is 31.2 Å². The molecule has 122 valence electrons. The molecule has 2 rings (SSSR count). The number of anilines is 1. The van der Waals surface area contributed by atoms with Crippen molar-refractivity contribution in [1.82, 2.24) is 4.98 Å². The van der Waals surface area contributed by atoms with E-state index in [1.807, 2.05) is 0 Å². The van der Waals surface area contributed by atoms with E-state index in [0.717, 1.165) is 0 Å². The Morgan fingerprint density at radius 3 is 2.70 bits per heavy atom. The molecule has 0 amide bonds. The Kier molecular flexibility index (Phi) is 5.57. The van der Waals surface area contributed by atoms with Crippen LogP contribution in [0.15, 0.2) is 17.2 Å². The summed E-state index contributed by atoms with van der Waals surface area (Å²) in [4.78, 5) is 16.3. The Bertz CT molecular complexity index is 759. The van der Waals surface area contributed by atoms with Gasteiger partial charge in [-0.25, -0.2) is 4.98 Å². The number of nitrogens with one attached hydrogen (secondary N) is 1. The molecule has 0 radical (unpaired) electrons. The second-order valence-corrected chi connectivity index (χ2v) is 5.94. The Labute approximate surface area is 143 Å². The van der Waals surface area contributed by atoms with E-state index in [1.165, 1.54) is 25.4 Å². The number of rotatable bonds is 6. The van der Waals surface area contributed by atoms with Crippen LogP contribution in [0.1, 0.15) is 27.9 Å². The fourth-order valence-electron chi connectivity index (χ4n) is 1.93. The molecule has 0 bridgehead atoms. The maximum atomic E-state index is 11.4. The summed E-state index contributed by atoms with van der Waals surface area (Å²) in [5.74, 6) is 0.978. The van der Waals surface area contributed by atoms with E-state index >= 15 is 0 Å². The molecule has 0 saturated carbocycles. The van der Waals surface area contributed by atoms with Gasteiger partial charge < -0.3 is 9.47 Å². The van der Waals surface area contributed by atoms with Crippen molar-refractivity contribution in [3.05, 3.63) is 33.3 Å². The number of aromatic nitrogens is 1. The molecular formula is C15H16ClN3O3S. The van der Waals surface area contributed by atoms with Gasteiger partial charge in [-0.15, -0.1) is 0 Å². The van der Waals surface area contributed by atoms with Gasteiger partial charge in [0, 0.05) is 12.5 Å². The van der Waals surface area contributed by atoms with E-state index in [4.69, 9.17) is 21.1 Å². The van der Waals surface area contributed by atoms with Gasteiger partial charge in [-0.2, -0.15) is 5.10 Å². The van der Waals surface area contributed by atoms with E-state index in [-0.39, 0.29) is 5.78 Å². The molecule has 8 heteroatoms. The monoisotopic (exact) mass is 353 g/mol. The lowest BCUT2D eigenvalue weighted by molar-refractivity contribution is 0.102. The van der Waals surface area contributed by atoms with Gasteiger partial charge in [-0.05, 0) is 19.1 Å². The van der Waals surface area contributed by atoms with Crippen molar-refractivity contribution in [3.8, 4) is 11.5 Å². The van der Waals surface area contributed by atoms with Crippen molar-refractivity contribution in [2.75, 3.05) is 19.6 Å². The summed E-state index contributed by atoms with van der Waals surface area (Å²) in [6.07, 6.45) is 1.55. The van der Waals surface area contributed by atoms with Gasteiger partial charge in [0.25, 0.3) is 0 Å². The Morgan fingerprint density at radius 1 is 1.39 bits per heavy atom. The van der Waals surface area contributed by atoms with Gasteiger partial charge >= 0.3 is 0 Å². The Morgan fingerprint density at radius 2 is 2.13 bits per heavy atom. The minimum absolute atomic E-state index is 0.0139. The third kappa shape index (κ3) is 3.80. The van der Waals surface area contributed by atoms with Gasteiger partial charge in [0.2, 0.25) is 5.13 Å². The van der Waals surface area contributed by atoms with Gasteiger partial charge in [-0.1, -0.05) is 22.9 Å². The molecule has 1 aromatic heterocycles. The second-order valence-electron chi connectivity index (χ2n) is 4.56. The van der Waals surface area contributed by atoms with Crippen LogP contribution in [-0.2, 0) is 0 Å². The molecule has 6 nitrogen and oxygen atoms in total. The zero-order chi connectivity index (χ0) is 17.0. The number of ketones is 1. The van der Waals surface area contributed by atoms with Gasteiger partial charge in [-0.3, -0.25) is 10.2 Å². The molecule has 0 saturated heterocycles. The maximum Gasteiger partial charge on any atom is 0.204 e. The topological polar surface area (TPSA) is 72.8 Å². The minimum Gasteiger partial charge on any atom is -0.493 e. The quantitative estimate of drug-likeness (QED) is 0.486. The highest BCUT2D eigenvalue weighted by atomic mass is 35.5. The average Bonchev–Trinajstić information content (AvgIpc) is 2.89. The predicted molar refractivity (Wildman–Crippen MR) is 92.6 cm³/mol. The predicted octanol–water partition coefficient (Wildman–Crippen LogP) is 3.77. The van der Waals surface area contributed by atoms with Crippen LogP contribution in [0.3, 0.4) is 0 Å². The molecular weight excluding hydrogens is 338 g/mol. The van der Waals surface area contributed by atoms with Gasteiger partial charge in [0.15, 0.2) is 17.3 Å². The van der Waals surface area contributed by atoms with Crippen LogP contribution in [0.2, 0.25) is 5.02 Å². The summed E-state index contributed by atoms with van der Waals surface area (Å²) in [6.45, 7) is 3.30. The van der Waals surface area contributed by atoms with Crippen molar-refractivity contribution >= 4 is 40.1 Å². The summed E-state index contributed by atoms with van der Waals surface area (Å²) in [6, 6.07) is 3.51. The highest BCUT2D eigenvalue weighted by Gasteiger charge is 2.12. The number of thiazole rings is 1. The highest BCUT2D eigenvalue weighted by molar-refractivity contribution is 7.17. The number of carbonyl (C=O) groups is 1. The maximum absolute atomic E-state index is 11.4. The van der Waals surface area contributed by atoms with Crippen LogP contribution >= 0.6 is 22.9 Å². The molecule has 23 heavy (non-hydrogen) atoms. The molecule has 0 unspecified atom stereocenters. The molecule has 0 aliphatic heterocycles. The average molecular weight is 354 g/mol. The normalized spacial score (nSPS) is 10.8. The lowest BCUT2D eigenvalue weighted by atomic mass is 10.2. The number of halogens is 1. The zero-order valence-electron chi connectivity index (χ0n) is 13.1. The molecule has 0 aliphatic carbocycles. The number of hydrogen-bond donors (Lipinski definition) is 1. The fraction of sp³-hybridized carbons (Fsp3) is 0.267. The Balaban J connectivity index is 2.18. The third-order valence-electron chi connectivity index (χ3n) is 3.00. The largest absolute Gasteiger partial charge is 0.493 e. The van der Waals surface area contributed by atoms with E-state index in [1.54, 1.807) is 32.4 Å². The van der Waals surface area contributed by atoms with Gasteiger partial charge in [0.05, 0.1) is 36.0 Å². The SMILES string of the molecule is COc1ccc(/C=N\Nc2nc(C)c(C(C)=O)s2)c(Cl)c1OC. The van der Waals surface area contributed by atoms with E-state index in [9.17, 15) is 4.79 Å². The van der Waals surface area contributed by atoms with Crippen molar-refractivity contribution in [2.24, 2.45) is 5.10 Å². The first kappa shape index (κ1) is 17.2. The van der Waals surface area contributed by atoms with Gasteiger partial charge in [0.1, 0.15) is 0 Å². The first-order valence-corrected chi connectivity index (χ1v) is 7.85. The second kappa shape index (κ2) is 7.43. The molecule has 1 N–H and O–H groups in total. The van der Waals surface area contributed by atoms with Crippen LogP contribution in [0.5, 0.6) is 11.5 Å². The summed E-state index contributed by atoms with van der Waals surface area (Å²) in [5.41, 5.74) is 4.14. The van der Waals surface area contributed by atoms with Crippen LogP contribution < -0.4 is 14.9 Å². The number of methoxy groups -OCH3 is 2. The van der Waals surface area contributed by atoms with Crippen LogP contribution in [0, 0.1) is 6.92 Å². The molecule has 1 aromatic carbocycles. The molecule has 0 atom stereocenters. The van der Waals surface area contributed by atoms with E-state index in [2.05, 4.69) is 15.5 Å². The summed E-state index contributed by atoms with van der Waals surface area (Å²) in [5, 5.41) is 5.04. The number of nitrogens with zero attached hydrogens (tertiary/aromatic N) is 2. The van der Waals surface area contributed by atoms with E-state index < -0.39 is 0 Å². The molecule has 2 aromatic rings. The number of aryl methyl sites for hydroxylation is 1. The van der Waals surface area contributed by atoms with E-state index in [0.29, 0.717) is 37.8 Å². The summed E-state index contributed by atoms with van der Waals surface area (Å²) in [7, 11) is 3.06. The smallest absolute Gasteiger partial charge is 0.204 e. The molecule has 0 aliphatic rings. The highest BCUT2D eigenvalue weighted by Crippen LogP contribution is 2.36. The minimum atomic E-state index is -0.0139. The molecule has 0 spiro atoms. The summed E-state index contributed by atoms with van der Waals surface area (Å²) < 4.78 is 10.4. The van der Waals surface area contributed by atoms with Crippen molar-refractivity contribution in [3.63, 3.8) is 0 Å². The molecule has 0 fully saturated rings. The number of carbonyl (C=O) groups excluding carboxylic acids is 1. The van der Waals surface area contributed by atoms with Crippen LogP contribution in [0.25, 0.3) is 0 Å². The number of hydrazone groups is 1. The number of benzene rings is 1. The summed E-state index contributed by atoms with van der Waals surface area (Å²) >= 11 is 7.52. The van der Waals surface area contributed by atoms with Crippen molar-refractivity contribution in [2.45, 2.75) is 13.8 Å². The van der Waals surface area contributed by atoms with Crippen molar-refractivity contribution in [1.29, 1.82) is 0 Å². The standard InChI is InChI=1S/C15H16ClN3O3S/c1-8-14(9(2)20)23-15(18-8)19-17-7-10-5-6-11(21-3)13(22-4)12(10)16/h5-7H,1-4H3,(H,18,19)/b17-7-. The first-order chi connectivity index (χ1) is 11.0.